The summed E-state index contributed by atoms with van der Waals surface area (Å²) in [7, 11) is 0. The molecule has 1 fully saturated rings. The Bertz CT molecular complexity index is 221. The highest BCUT2D eigenvalue weighted by Crippen LogP contribution is 2.32. The highest BCUT2D eigenvalue weighted by Gasteiger charge is 2.26. The molecule has 0 aromatic heterocycles. The van der Waals surface area contributed by atoms with Crippen LogP contribution < -0.4 is 5.32 Å². The number of ether oxygens (including phenoxy) is 1. The number of amides is 1. The maximum absolute atomic E-state index is 11.5. The lowest BCUT2D eigenvalue weighted by atomic mass is 9.98. The molecule has 0 saturated heterocycles. The van der Waals surface area contributed by atoms with E-state index in [0.29, 0.717) is 5.92 Å². The molecule has 16 heavy (non-hydrogen) atoms. The van der Waals surface area contributed by atoms with E-state index in [1.54, 1.807) is 0 Å². The quantitative estimate of drug-likeness (QED) is 0.763. The number of rotatable bonds is 6. The Balaban J connectivity index is 2.16. The third-order valence-corrected chi connectivity index (χ3v) is 3.96. The summed E-state index contributed by atoms with van der Waals surface area (Å²) < 4.78 is 5.25. The average Bonchev–Trinajstić information content (AvgIpc) is 2.70. The van der Waals surface area contributed by atoms with E-state index in [1.165, 1.54) is 19.3 Å². The van der Waals surface area contributed by atoms with Crippen molar-refractivity contribution in [1.82, 2.24) is 5.32 Å². The third-order valence-electron chi connectivity index (χ3n) is 3.12. The number of carbonyl (C=O) groups excluding carboxylic acids is 1. The smallest absolute Gasteiger partial charge is 0.246 e. The average molecular weight is 292 g/mol. The molecule has 1 amide bonds. The van der Waals surface area contributed by atoms with Crippen molar-refractivity contribution in [2.45, 2.75) is 39.2 Å². The van der Waals surface area contributed by atoms with Gasteiger partial charge in [0.15, 0.2) is 0 Å². The van der Waals surface area contributed by atoms with Crippen LogP contribution in [0.5, 0.6) is 0 Å². The van der Waals surface area contributed by atoms with E-state index in [0.717, 1.165) is 17.8 Å². The molecule has 2 atom stereocenters. The van der Waals surface area contributed by atoms with Crippen LogP contribution in [0.2, 0.25) is 0 Å². The van der Waals surface area contributed by atoms with Gasteiger partial charge in [-0.05, 0) is 38.5 Å². The molecule has 94 valence electrons. The number of hydrogen-bond donors (Lipinski definition) is 1. The van der Waals surface area contributed by atoms with Gasteiger partial charge in [0.05, 0.1) is 6.10 Å². The van der Waals surface area contributed by atoms with Gasteiger partial charge in [0.25, 0.3) is 0 Å². The Labute approximate surface area is 106 Å². The predicted octanol–water partition coefficient (Wildman–Crippen LogP) is 2.34. The molecule has 4 heteroatoms. The van der Waals surface area contributed by atoms with Crippen LogP contribution in [0.25, 0.3) is 0 Å². The topological polar surface area (TPSA) is 38.3 Å². The molecule has 0 aromatic rings. The Morgan fingerprint density at radius 1 is 1.44 bits per heavy atom. The highest BCUT2D eigenvalue weighted by molar-refractivity contribution is 9.09. The van der Waals surface area contributed by atoms with E-state index >= 15 is 0 Å². The summed E-state index contributed by atoms with van der Waals surface area (Å²) in [4.78, 5) is 11.5. The molecule has 1 rings (SSSR count). The van der Waals surface area contributed by atoms with Crippen LogP contribution in [0.1, 0.15) is 33.1 Å². The van der Waals surface area contributed by atoms with Crippen molar-refractivity contribution in [3.05, 3.63) is 0 Å². The summed E-state index contributed by atoms with van der Waals surface area (Å²) in [6.07, 6.45) is 3.93. The number of halogens is 1. The fraction of sp³-hybridized carbons (Fsp3) is 0.917. The first-order valence-electron chi connectivity index (χ1n) is 6.07. The van der Waals surface area contributed by atoms with Crippen molar-refractivity contribution in [2.24, 2.45) is 11.8 Å². The summed E-state index contributed by atoms with van der Waals surface area (Å²) in [6.45, 7) is 4.86. The fourth-order valence-electron chi connectivity index (χ4n) is 2.12. The van der Waals surface area contributed by atoms with Gasteiger partial charge in [0.2, 0.25) is 5.91 Å². The summed E-state index contributed by atoms with van der Waals surface area (Å²) in [5, 5.41) is 4.01. The second-order valence-electron chi connectivity index (χ2n) is 4.77. The lowest BCUT2D eigenvalue weighted by Crippen LogP contribution is -2.34. The molecule has 0 bridgehead atoms. The Morgan fingerprint density at radius 2 is 2.12 bits per heavy atom. The van der Waals surface area contributed by atoms with Gasteiger partial charge in [-0.15, -0.1) is 0 Å². The SMILES string of the molecule is CC(C)OCC(=O)NCC1CCCC1CBr. The van der Waals surface area contributed by atoms with Gasteiger partial charge in [-0.2, -0.15) is 0 Å². The van der Waals surface area contributed by atoms with Gasteiger partial charge in [0.1, 0.15) is 6.61 Å². The Hall–Kier alpha value is -0.0900. The molecule has 0 aromatic carbocycles. The van der Waals surface area contributed by atoms with Gasteiger partial charge in [0, 0.05) is 11.9 Å². The van der Waals surface area contributed by atoms with Crippen molar-refractivity contribution in [1.29, 1.82) is 0 Å². The van der Waals surface area contributed by atoms with E-state index in [-0.39, 0.29) is 18.6 Å². The van der Waals surface area contributed by atoms with Crippen molar-refractivity contribution < 1.29 is 9.53 Å². The normalized spacial score (nSPS) is 25.0. The van der Waals surface area contributed by atoms with Gasteiger partial charge < -0.3 is 10.1 Å². The molecule has 3 nitrogen and oxygen atoms in total. The number of alkyl halides is 1. The molecule has 1 aliphatic rings. The number of nitrogens with one attached hydrogen (secondary N) is 1. The lowest BCUT2D eigenvalue weighted by Gasteiger charge is -2.18. The largest absolute Gasteiger partial charge is 0.369 e. The molecule has 0 heterocycles. The second kappa shape index (κ2) is 7.28. The first-order valence-corrected chi connectivity index (χ1v) is 7.20. The summed E-state index contributed by atoms with van der Waals surface area (Å²) >= 11 is 3.54. The summed E-state index contributed by atoms with van der Waals surface area (Å²) in [6, 6.07) is 0. The minimum atomic E-state index is 0.00826. The molecule has 0 spiro atoms. The maximum Gasteiger partial charge on any atom is 0.246 e. The first kappa shape index (κ1) is 14.0. The zero-order valence-corrected chi connectivity index (χ0v) is 11.8. The van der Waals surface area contributed by atoms with Crippen LogP contribution in [0.3, 0.4) is 0 Å². The van der Waals surface area contributed by atoms with Crippen LogP contribution in [0.4, 0.5) is 0 Å². The predicted molar refractivity (Wildman–Crippen MR) is 68.7 cm³/mol. The van der Waals surface area contributed by atoms with Crippen LogP contribution >= 0.6 is 15.9 Å². The second-order valence-corrected chi connectivity index (χ2v) is 5.42. The van der Waals surface area contributed by atoms with Crippen molar-refractivity contribution in [3.8, 4) is 0 Å². The van der Waals surface area contributed by atoms with E-state index < -0.39 is 0 Å². The fourth-order valence-corrected chi connectivity index (χ4v) is 2.98. The van der Waals surface area contributed by atoms with E-state index in [2.05, 4.69) is 21.2 Å². The first-order chi connectivity index (χ1) is 7.63. The van der Waals surface area contributed by atoms with Crippen LogP contribution in [0, 0.1) is 11.8 Å². The zero-order chi connectivity index (χ0) is 12.0. The maximum atomic E-state index is 11.5. The zero-order valence-electron chi connectivity index (χ0n) is 10.2. The van der Waals surface area contributed by atoms with Crippen LogP contribution in [0.15, 0.2) is 0 Å². The van der Waals surface area contributed by atoms with E-state index in [9.17, 15) is 4.79 Å². The Morgan fingerprint density at radius 3 is 2.75 bits per heavy atom. The lowest BCUT2D eigenvalue weighted by molar-refractivity contribution is -0.127. The Kier molecular flexibility index (Phi) is 6.36. The van der Waals surface area contributed by atoms with Gasteiger partial charge >= 0.3 is 0 Å². The molecular formula is C12H22BrNO2. The molecule has 2 unspecified atom stereocenters. The number of carbonyl (C=O) groups is 1. The molecule has 1 saturated carbocycles. The highest BCUT2D eigenvalue weighted by atomic mass is 79.9. The summed E-state index contributed by atoms with van der Waals surface area (Å²) in [5.41, 5.74) is 0. The standard InChI is InChI=1S/C12H22BrNO2/c1-9(2)16-8-12(15)14-7-11-5-3-4-10(11)6-13/h9-11H,3-8H2,1-2H3,(H,14,15). The minimum absolute atomic E-state index is 0.00826. The van der Waals surface area contributed by atoms with Crippen LogP contribution in [-0.4, -0.2) is 30.5 Å². The van der Waals surface area contributed by atoms with Crippen molar-refractivity contribution >= 4 is 21.8 Å². The minimum Gasteiger partial charge on any atom is -0.369 e. The molecule has 0 radical (unpaired) electrons. The van der Waals surface area contributed by atoms with Crippen molar-refractivity contribution in [3.63, 3.8) is 0 Å². The van der Waals surface area contributed by atoms with Crippen molar-refractivity contribution in [2.75, 3.05) is 18.5 Å². The van der Waals surface area contributed by atoms with Gasteiger partial charge in [-0.25, -0.2) is 0 Å². The molecule has 1 aliphatic carbocycles. The number of hydrogen-bond acceptors (Lipinski definition) is 2. The van der Waals surface area contributed by atoms with Gasteiger partial charge in [-0.3, -0.25) is 4.79 Å². The monoisotopic (exact) mass is 291 g/mol. The van der Waals surface area contributed by atoms with E-state index in [4.69, 9.17) is 4.74 Å². The van der Waals surface area contributed by atoms with Crippen LogP contribution in [-0.2, 0) is 9.53 Å². The summed E-state index contributed by atoms with van der Waals surface area (Å²) in [5.74, 6) is 1.38. The van der Waals surface area contributed by atoms with E-state index in [1.807, 2.05) is 13.8 Å². The molecule has 1 N–H and O–H groups in total. The van der Waals surface area contributed by atoms with Gasteiger partial charge in [-0.1, -0.05) is 22.4 Å². The third kappa shape index (κ3) is 4.83. The molecular weight excluding hydrogens is 270 g/mol. The molecule has 0 aliphatic heterocycles.